The van der Waals surface area contributed by atoms with Crippen molar-refractivity contribution in [3.05, 3.63) is 35.0 Å². The SMILES string of the molecule is CSC1CCCC1NCc1c(Cl)oc2ccccc12. The summed E-state index contributed by atoms with van der Waals surface area (Å²) >= 11 is 8.18. The molecule has 0 radical (unpaired) electrons. The second kappa shape index (κ2) is 5.78. The van der Waals surface area contributed by atoms with Crippen molar-refractivity contribution in [1.29, 1.82) is 0 Å². The lowest BCUT2D eigenvalue weighted by Gasteiger charge is -2.18. The Hall–Kier alpha value is -0.640. The van der Waals surface area contributed by atoms with Crippen molar-refractivity contribution in [3.8, 4) is 0 Å². The molecule has 0 aliphatic heterocycles. The first-order valence-electron chi connectivity index (χ1n) is 6.71. The third-order valence-electron chi connectivity index (χ3n) is 3.95. The molecule has 102 valence electrons. The molecule has 1 aliphatic rings. The molecule has 1 N–H and O–H groups in total. The molecule has 1 aromatic heterocycles. The molecule has 2 aromatic rings. The van der Waals surface area contributed by atoms with Crippen LogP contribution < -0.4 is 5.32 Å². The van der Waals surface area contributed by atoms with Crippen molar-refractivity contribution >= 4 is 34.3 Å². The van der Waals surface area contributed by atoms with E-state index in [4.69, 9.17) is 16.0 Å². The van der Waals surface area contributed by atoms with Gasteiger partial charge in [-0.05, 0) is 36.8 Å². The molecule has 1 aromatic carbocycles. The predicted molar refractivity (Wildman–Crippen MR) is 83.0 cm³/mol. The first-order chi connectivity index (χ1) is 9.29. The van der Waals surface area contributed by atoms with Crippen LogP contribution in [0, 0.1) is 0 Å². The Morgan fingerprint density at radius 3 is 3.05 bits per heavy atom. The molecule has 0 bridgehead atoms. The maximum absolute atomic E-state index is 6.21. The van der Waals surface area contributed by atoms with Crippen LogP contribution in [0.4, 0.5) is 0 Å². The summed E-state index contributed by atoms with van der Waals surface area (Å²) in [5.41, 5.74) is 1.96. The summed E-state index contributed by atoms with van der Waals surface area (Å²) in [6.07, 6.45) is 6.10. The van der Waals surface area contributed by atoms with Crippen molar-refractivity contribution < 1.29 is 4.42 Å². The normalized spacial score (nSPS) is 23.3. The van der Waals surface area contributed by atoms with Crippen LogP contribution in [0.3, 0.4) is 0 Å². The Bertz CT molecular complexity index is 568. The van der Waals surface area contributed by atoms with E-state index in [0.717, 1.165) is 28.3 Å². The van der Waals surface area contributed by atoms with Gasteiger partial charge in [-0.25, -0.2) is 0 Å². The van der Waals surface area contributed by atoms with Crippen molar-refractivity contribution in [2.24, 2.45) is 0 Å². The maximum atomic E-state index is 6.21. The summed E-state index contributed by atoms with van der Waals surface area (Å²) in [6.45, 7) is 0.789. The van der Waals surface area contributed by atoms with Crippen LogP contribution in [0.15, 0.2) is 28.7 Å². The van der Waals surface area contributed by atoms with E-state index in [0.29, 0.717) is 11.3 Å². The molecule has 2 atom stereocenters. The molecule has 0 saturated heterocycles. The van der Waals surface area contributed by atoms with Crippen LogP contribution in [0.2, 0.25) is 5.22 Å². The highest BCUT2D eigenvalue weighted by Crippen LogP contribution is 2.32. The smallest absolute Gasteiger partial charge is 0.199 e. The topological polar surface area (TPSA) is 25.2 Å². The largest absolute Gasteiger partial charge is 0.444 e. The first-order valence-corrected chi connectivity index (χ1v) is 8.38. The van der Waals surface area contributed by atoms with E-state index in [2.05, 4.69) is 17.6 Å². The minimum Gasteiger partial charge on any atom is -0.444 e. The summed E-state index contributed by atoms with van der Waals surface area (Å²) in [6, 6.07) is 8.63. The van der Waals surface area contributed by atoms with E-state index in [1.807, 2.05) is 30.0 Å². The average Bonchev–Trinajstić information content (AvgIpc) is 2.99. The molecule has 1 fully saturated rings. The average molecular weight is 296 g/mol. The number of furan rings is 1. The van der Waals surface area contributed by atoms with E-state index >= 15 is 0 Å². The van der Waals surface area contributed by atoms with Crippen molar-refractivity contribution in [3.63, 3.8) is 0 Å². The lowest BCUT2D eigenvalue weighted by Crippen LogP contribution is -2.33. The predicted octanol–water partition coefficient (Wildman–Crippen LogP) is 4.46. The van der Waals surface area contributed by atoms with Gasteiger partial charge in [0.25, 0.3) is 0 Å². The Labute approximate surface area is 122 Å². The van der Waals surface area contributed by atoms with E-state index in [9.17, 15) is 0 Å². The molecule has 19 heavy (non-hydrogen) atoms. The highest BCUT2D eigenvalue weighted by molar-refractivity contribution is 7.99. The zero-order valence-electron chi connectivity index (χ0n) is 11.0. The van der Waals surface area contributed by atoms with Crippen LogP contribution in [-0.2, 0) is 6.54 Å². The van der Waals surface area contributed by atoms with Gasteiger partial charge in [0.1, 0.15) is 5.58 Å². The summed E-state index contributed by atoms with van der Waals surface area (Å²) in [7, 11) is 0. The number of para-hydroxylation sites is 1. The lowest BCUT2D eigenvalue weighted by molar-refractivity contribution is 0.528. The lowest BCUT2D eigenvalue weighted by atomic mass is 10.1. The summed E-state index contributed by atoms with van der Waals surface area (Å²) < 4.78 is 5.59. The standard InChI is InChI=1S/C15H18ClNOS/c1-19-14-8-4-6-12(14)17-9-11-10-5-2-3-7-13(10)18-15(11)16/h2-3,5,7,12,14,17H,4,6,8-9H2,1H3. The van der Waals surface area contributed by atoms with Crippen LogP contribution in [0.1, 0.15) is 24.8 Å². The molecule has 1 heterocycles. The van der Waals surface area contributed by atoms with E-state index in [-0.39, 0.29) is 0 Å². The van der Waals surface area contributed by atoms with Crippen LogP contribution >= 0.6 is 23.4 Å². The Morgan fingerprint density at radius 2 is 2.21 bits per heavy atom. The van der Waals surface area contributed by atoms with Gasteiger partial charge < -0.3 is 9.73 Å². The fraction of sp³-hybridized carbons (Fsp3) is 0.467. The summed E-state index contributed by atoms with van der Waals surface area (Å²) in [5.74, 6) is 0. The van der Waals surface area contributed by atoms with E-state index in [1.165, 1.54) is 19.3 Å². The molecule has 0 spiro atoms. The third kappa shape index (κ3) is 2.64. The first kappa shape index (κ1) is 13.3. The van der Waals surface area contributed by atoms with Gasteiger partial charge in [-0.1, -0.05) is 24.6 Å². The van der Waals surface area contributed by atoms with Gasteiger partial charge in [0.2, 0.25) is 0 Å². The third-order valence-corrected chi connectivity index (χ3v) is 5.42. The summed E-state index contributed by atoms with van der Waals surface area (Å²) in [4.78, 5) is 0. The molecule has 4 heteroatoms. The molecule has 2 nitrogen and oxygen atoms in total. The number of nitrogens with one attached hydrogen (secondary N) is 1. The number of rotatable bonds is 4. The van der Waals surface area contributed by atoms with Gasteiger partial charge in [0, 0.05) is 28.8 Å². The van der Waals surface area contributed by atoms with Gasteiger partial charge >= 0.3 is 0 Å². The minimum atomic E-state index is 0.521. The Kier molecular flexibility index (Phi) is 4.06. The maximum Gasteiger partial charge on any atom is 0.199 e. The molecule has 1 saturated carbocycles. The molecule has 3 rings (SSSR count). The van der Waals surface area contributed by atoms with Crippen LogP contribution in [0.5, 0.6) is 0 Å². The Balaban J connectivity index is 1.76. The van der Waals surface area contributed by atoms with Gasteiger partial charge in [-0.15, -0.1) is 0 Å². The van der Waals surface area contributed by atoms with Gasteiger partial charge in [0.15, 0.2) is 5.22 Å². The monoisotopic (exact) mass is 295 g/mol. The quantitative estimate of drug-likeness (QED) is 0.901. The second-order valence-corrected chi connectivity index (χ2v) is 6.46. The van der Waals surface area contributed by atoms with Gasteiger partial charge in [0.05, 0.1) is 0 Å². The highest BCUT2D eigenvalue weighted by atomic mass is 35.5. The van der Waals surface area contributed by atoms with Crippen molar-refractivity contribution in [2.45, 2.75) is 37.1 Å². The van der Waals surface area contributed by atoms with E-state index in [1.54, 1.807) is 0 Å². The number of thioether (sulfide) groups is 1. The number of hydrogen-bond donors (Lipinski definition) is 1. The van der Waals surface area contributed by atoms with Crippen molar-refractivity contribution in [2.75, 3.05) is 6.26 Å². The zero-order valence-corrected chi connectivity index (χ0v) is 12.6. The molecule has 1 aliphatic carbocycles. The number of hydrogen-bond acceptors (Lipinski definition) is 3. The molecule has 2 unspecified atom stereocenters. The van der Waals surface area contributed by atoms with Crippen LogP contribution in [-0.4, -0.2) is 17.5 Å². The summed E-state index contributed by atoms with van der Waals surface area (Å²) in [5, 5.41) is 6.03. The second-order valence-electron chi connectivity index (χ2n) is 5.04. The molecular formula is C15H18ClNOS. The fourth-order valence-electron chi connectivity index (χ4n) is 2.91. The van der Waals surface area contributed by atoms with E-state index < -0.39 is 0 Å². The van der Waals surface area contributed by atoms with Gasteiger partial charge in [-0.2, -0.15) is 11.8 Å². The minimum absolute atomic E-state index is 0.521. The highest BCUT2D eigenvalue weighted by Gasteiger charge is 2.26. The van der Waals surface area contributed by atoms with Crippen molar-refractivity contribution in [1.82, 2.24) is 5.32 Å². The number of benzene rings is 1. The number of fused-ring (bicyclic) bond motifs is 1. The van der Waals surface area contributed by atoms with Crippen LogP contribution in [0.25, 0.3) is 11.0 Å². The Morgan fingerprint density at radius 1 is 1.37 bits per heavy atom. The zero-order chi connectivity index (χ0) is 13.2. The molecule has 0 amide bonds. The number of halogens is 1. The van der Waals surface area contributed by atoms with Gasteiger partial charge in [-0.3, -0.25) is 0 Å². The molecular weight excluding hydrogens is 278 g/mol. The fourth-order valence-corrected chi connectivity index (χ4v) is 4.12.